The number of carbonyl (C=O) groups excluding carboxylic acids is 5. The number of aromatic nitrogens is 3. The van der Waals surface area contributed by atoms with Crippen LogP contribution in [0.25, 0.3) is 11.1 Å². The number of hydrogen-bond acceptors (Lipinski definition) is 11. The van der Waals surface area contributed by atoms with E-state index in [4.69, 9.17) is 0 Å². The first-order chi connectivity index (χ1) is 32.0. The number of anilines is 2. The van der Waals surface area contributed by atoms with Crippen molar-refractivity contribution in [2.75, 3.05) is 56.4 Å². The van der Waals surface area contributed by atoms with Gasteiger partial charge in [-0.3, -0.25) is 44.4 Å². The molecule has 2 aromatic heterocycles. The van der Waals surface area contributed by atoms with Crippen molar-refractivity contribution >= 4 is 51.7 Å². The molecule has 2 atom stereocenters. The smallest absolute Gasteiger partial charge is 0.255 e. The number of rotatable bonds is 12. The quantitative estimate of drug-likeness (QED) is 0.140. The molecule has 3 aromatic carbocycles. The number of benzene rings is 3. The normalized spacial score (nSPS) is 19.7. The number of aryl methyl sites for hydroxylation is 1. The predicted octanol–water partition coefficient (Wildman–Crippen LogP) is 5.31. The van der Waals surface area contributed by atoms with Crippen LogP contribution in [-0.4, -0.2) is 116 Å². The molecule has 0 aliphatic carbocycles. The van der Waals surface area contributed by atoms with Crippen molar-refractivity contribution < 1.29 is 32.8 Å². The fourth-order valence-electron chi connectivity index (χ4n) is 10.1. The average molecular weight is 917 g/mol. The fourth-order valence-corrected chi connectivity index (χ4v) is 10.6. The number of piperazine rings is 1. The van der Waals surface area contributed by atoms with Crippen molar-refractivity contribution in [3.63, 3.8) is 0 Å². The van der Waals surface area contributed by atoms with Gasteiger partial charge in [-0.25, -0.2) is 18.7 Å². The summed E-state index contributed by atoms with van der Waals surface area (Å²) in [7, 11) is 0. The molecule has 5 aliphatic heterocycles. The Morgan fingerprint density at radius 3 is 2.39 bits per heavy atom. The maximum absolute atomic E-state index is 15.9. The molecule has 2 unspecified atom stereocenters. The number of nitrogens with one attached hydrogen (secondary N) is 3. The third-order valence-electron chi connectivity index (χ3n) is 13.7. The molecule has 5 aromatic rings. The summed E-state index contributed by atoms with van der Waals surface area (Å²) in [6.07, 6.45) is 7.02. The van der Waals surface area contributed by atoms with Crippen molar-refractivity contribution in [3.05, 3.63) is 118 Å². The maximum Gasteiger partial charge on any atom is 0.255 e. The van der Waals surface area contributed by atoms with Crippen LogP contribution >= 0.6 is 11.3 Å². The molecule has 5 amide bonds. The summed E-state index contributed by atoms with van der Waals surface area (Å²) in [5, 5.41) is 10.3. The van der Waals surface area contributed by atoms with Crippen LogP contribution in [0.5, 0.6) is 0 Å². The molecule has 0 bridgehead atoms. The van der Waals surface area contributed by atoms with Crippen LogP contribution in [0, 0.1) is 11.6 Å². The van der Waals surface area contributed by atoms with Crippen LogP contribution in [-0.2, 0) is 45.2 Å². The molecule has 3 saturated heterocycles. The summed E-state index contributed by atoms with van der Waals surface area (Å²) >= 11 is 1.27. The summed E-state index contributed by atoms with van der Waals surface area (Å²) in [5.41, 5.74) is 5.43. The van der Waals surface area contributed by atoms with E-state index in [9.17, 15) is 24.0 Å². The molecule has 0 radical (unpaired) electrons. The Morgan fingerprint density at radius 2 is 1.65 bits per heavy atom. The van der Waals surface area contributed by atoms with E-state index in [0.717, 1.165) is 62.1 Å². The van der Waals surface area contributed by atoms with Gasteiger partial charge in [-0.1, -0.05) is 30.3 Å². The molecule has 7 heterocycles. The number of amides is 5. The number of halogens is 2. The zero-order chi connectivity index (χ0) is 45.5. The molecular formula is C48H50F2N10O5S. The first kappa shape index (κ1) is 43.5. The van der Waals surface area contributed by atoms with E-state index in [1.165, 1.54) is 28.4 Å². The lowest BCUT2D eigenvalue weighted by Crippen LogP contribution is -2.51. The van der Waals surface area contributed by atoms with E-state index < -0.39 is 35.6 Å². The minimum absolute atomic E-state index is 0.0339. The molecule has 15 nitrogen and oxygen atoms in total. The second-order valence-corrected chi connectivity index (χ2v) is 18.7. The van der Waals surface area contributed by atoms with Crippen molar-refractivity contribution in [2.45, 2.75) is 76.2 Å². The molecule has 342 valence electrons. The van der Waals surface area contributed by atoms with E-state index in [-0.39, 0.29) is 47.6 Å². The molecule has 18 heteroatoms. The van der Waals surface area contributed by atoms with Crippen molar-refractivity contribution in [2.24, 2.45) is 0 Å². The third-order valence-corrected chi connectivity index (χ3v) is 14.4. The SMILES string of the molecule is O=C1CCC(Nc2ccc(C3CCN(CC(=O)N4CCN(Cc5ccc(-c6cc(F)c7c(c6)C(=O)N(C(C(=O)Nc6nccs6)c6ncn8c6CCC8)C7)cc5)CC4)CC3)c(F)c2)C(=O)N1. The van der Waals surface area contributed by atoms with E-state index >= 15 is 8.78 Å². The van der Waals surface area contributed by atoms with Crippen LogP contribution in [0.15, 0.2) is 72.5 Å². The number of likely N-dealkylation sites (tertiary alicyclic amines) is 1. The lowest BCUT2D eigenvalue weighted by atomic mass is 9.89. The van der Waals surface area contributed by atoms with Crippen molar-refractivity contribution in [1.82, 2.24) is 39.5 Å². The van der Waals surface area contributed by atoms with Crippen LogP contribution in [0.1, 0.15) is 82.5 Å². The van der Waals surface area contributed by atoms with Gasteiger partial charge in [0, 0.05) is 79.8 Å². The van der Waals surface area contributed by atoms with Gasteiger partial charge in [0.15, 0.2) is 11.2 Å². The zero-order valence-electron chi connectivity index (χ0n) is 36.3. The van der Waals surface area contributed by atoms with Crippen LogP contribution < -0.4 is 16.0 Å². The number of thiazole rings is 1. The lowest BCUT2D eigenvalue weighted by molar-refractivity contribution is -0.135. The second-order valence-electron chi connectivity index (χ2n) is 17.8. The topological polar surface area (TPSA) is 165 Å². The summed E-state index contributed by atoms with van der Waals surface area (Å²) in [5.74, 6) is -2.28. The molecule has 0 spiro atoms. The minimum Gasteiger partial charge on any atom is -0.374 e. The van der Waals surface area contributed by atoms with Crippen LogP contribution in [0.3, 0.4) is 0 Å². The Morgan fingerprint density at radius 1 is 0.848 bits per heavy atom. The molecular weight excluding hydrogens is 867 g/mol. The van der Waals surface area contributed by atoms with Gasteiger partial charge in [0.2, 0.25) is 17.7 Å². The predicted molar refractivity (Wildman–Crippen MR) is 242 cm³/mol. The number of imide groups is 1. The zero-order valence-corrected chi connectivity index (χ0v) is 37.1. The minimum atomic E-state index is -1.06. The number of imidazole rings is 1. The van der Waals surface area contributed by atoms with Gasteiger partial charge in [0.05, 0.1) is 25.1 Å². The van der Waals surface area contributed by atoms with Crippen molar-refractivity contribution in [1.29, 1.82) is 0 Å². The van der Waals surface area contributed by atoms with Gasteiger partial charge in [-0.15, -0.1) is 11.3 Å². The van der Waals surface area contributed by atoms with E-state index in [1.54, 1.807) is 36.1 Å². The largest absolute Gasteiger partial charge is 0.374 e. The Balaban J connectivity index is 0.706. The highest BCUT2D eigenvalue weighted by atomic mass is 32.1. The van der Waals surface area contributed by atoms with Crippen molar-refractivity contribution in [3.8, 4) is 11.1 Å². The van der Waals surface area contributed by atoms with E-state index in [1.807, 2.05) is 33.7 Å². The maximum atomic E-state index is 15.9. The monoisotopic (exact) mass is 916 g/mol. The lowest BCUT2D eigenvalue weighted by Gasteiger charge is -2.37. The van der Waals surface area contributed by atoms with Gasteiger partial charge in [-0.2, -0.15) is 0 Å². The van der Waals surface area contributed by atoms with Gasteiger partial charge in [0.1, 0.15) is 17.7 Å². The second kappa shape index (κ2) is 18.5. The summed E-state index contributed by atoms with van der Waals surface area (Å²) < 4.78 is 33.2. The molecule has 10 rings (SSSR count). The van der Waals surface area contributed by atoms with Gasteiger partial charge >= 0.3 is 0 Å². The number of hydrogen-bond donors (Lipinski definition) is 3. The molecule has 66 heavy (non-hydrogen) atoms. The average Bonchev–Trinajstić information content (AvgIpc) is 4.14. The number of fused-ring (bicyclic) bond motifs is 2. The Bertz CT molecular complexity index is 2680. The highest BCUT2D eigenvalue weighted by molar-refractivity contribution is 7.13. The first-order valence-corrected chi connectivity index (χ1v) is 23.5. The van der Waals surface area contributed by atoms with Gasteiger partial charge < -0.3 is 19.7 Å². The molecule has 5 aliphatic rings. The third kappa shape index (κ3) is 8.96. The van der Waals surface area contributed by atoms with E-state index in [0.29, 0.717) is 73.3 Å². The number of carbonyl (C=O) groups is 5. The highest BCUT2D eigenvalue weighted by Crippen LogP contribution is 2.38. The summed E-state index contributed by atoms with van der Waals surface area (Å²) in [4.78, 5) is 81.5. The Kier molecular flexibility index (Phi) is 12.2. The fraction of sp³-hybridized carbons (Fsp3) is 0.396. The van der Waals surface area contributed by atoms with Gasteiger partial charge in [-0.05, 0) is 97.6 Å². The molecule has 3 N–H and O–H groups in total. The summed E-state index contributed by atoms with van der Waals surface area (Å²) in [6.45, 7) is 5.81. The first-order valence-electron chi connectivity index (χ1n) is 22.6. The number of piperidine rings is 2. The molecule has 3 fully saturated rings. The highest BCUT2D eigenvalue weighted by Gasteiger charge is 2.42. The van der Waals surface area contributed by atoms with Crippen LogP contribution in [0.4, 0.5) is 19.6 Å². The Hall–Kier alpha value is -6.37. The van der Waals surface area contributed by atoms with Crippen LogP contribution in [0.2, 0.25) is 0 Å². The summed E-state index contributed by atoms with van der Waals surface area (Å²) in [6, 6.07) is 14.4. The number of nitrogens with zero attached hydrogens (tertiary/aromatic N) is 7. The Labute approximate surface area is 384 Å². The van der Waals surface area contributed by atoms with E-state index in [2.05, 4.69) is 35.7 Å². The standard InChI is InChI=1S/C48H50F2N10O5S/c49-37-23-32(22-35-36(37)26-60(47(35)65)44(46(64)55-48-51-13-21-66-48)43-40-2-1-14-59(40)28-52-43)30-5-3-29(4-6-30)25-57-17-19-58(20-18-57)42(62)27-56-15-11-31(12-16-56)34-8-7-33(24-38(34)50)53-39-9-10-41(61)54-45(39)63/h3-8,13,21-24,28,31,39,44,53H,1-2,9-12,14-20,25-27H2,(H,51,55,64)(H,54,61,63). The molecule has 0 saturated carbocycles. The van der Waals surface area contributed by atoms with Gasteiger partial charge in [0.25, 0.3) is 11.8 Å².